The maximum Gasteiger partial charge on any atom is 0.337 e. The van der Waals surface area contributed by atoms with Crippen molar-refractivity contribution < 1.29 is 18.7 Å². The highest BCUT2D eigenvalue weighted by molar-refractivity contribution is 9.10. The fourth-order valence-corrected chi connectivity index (χ4v) is 2.25. The quantitative estimate of drug-likeness (QED) is 0.734. The molecule has 0 unspecified atom stereocenters. The Morgan fingerprint density at radius 2 is 2.05 bits per heavy atom. The fourth-order valence-electron chi connectivity index (χ4n) is 1.64. The molecule has 0 spiro atoms. The number of halogens is 3. The third kappa shape index (κ3) is 3.95. The maximum absolute atomic E-state index is 13.3. The number of methoxy groups -OCH3 is 1. The Hall–Kier alpha value is -1.59. The molecule has 110 valence electrons. The molecule has 2 aromatic rings. The number of esters is 1. The summed E-state index contributed by atoms with van der Waals surface area (Å²) in [6, 6.07) is 9.26. The first-order valence-electron chi connectivity index (χ1n) is 5.96. The van der Waals surface area contributed by atoms with Crippen molar-refractivity contribution in [1.29, 1.82) is 0 Å². The third-order valence-corrected chi connectivity index (χ3v) is 3.80. The number of carbonyl (C=O) groups is 1. The average Bonchev–Trinajstić information content (AvgIpc) is 2.48. The second-order valence-electron chi connectivity index (χ2n) is 4.16. The second-order valence-corrected chi connectivity index (χ2v) is 5.42. The van der Waals surface area contributed by atoms with Gasteiger partial charge in [0.15, 0.2) is 0 Å². The zero-order valence-corrected chi connectivity index (χ0v) is 13.4. The highest BCUT2D eigenvalue weighted by Crippen LogP contribution is 2.24. The first-order valence-corrected chi connectivity index (χ1v) is 7.13. The number of ether oxygens (including phenoxy) is 2. The summed E-state index contributed by atoms with van der Waals surface area (Å²) in [5.74, 6) is -0.571. The highest BCUT2D eigenvalue weighted by Gasteiger charge is 2.09. The van der Waals surface area contributed by atoms with E-state index < -0.39 is 11.8 Å². The minimum absolute atomic E-state index is 0.0472. The topological polar surface area (TPSA) is 35.5 Å². The summed E-state index contributed by atoms with van der Waals surface area (Å²) in [6.07, 6.45) is 0. The average molecular weight is 374 g/mol. The van der Waals surface area contributed by atoms with Crippen molar-refractivity contribution in [3.8, 4) is 5.75 Å². The van der Waals surface area contributed by atoms with Crippen LogP contribution in [0.4, 0.5) is 4.39 Å². The van der Waals surface area contributed by atoms with Crippen LogP contribution in [0.1, 0.15) is 15.9 Å². The molecule has 6 heteroatoms. The maximum atomic E-state index is 13.3. The Kier molecular flexibility index (Phi) is 5.20. The lowest BCUT2D eigenvalue weighted by molar-refractivity contribution is 0.0600. The zero-order chi connectivity index (χ0) is 15.4. The van der Waals surface area contributed by atoms with Crippen molar-refractivity contribution in [3.63, 3.8) is 0 Å². The molecule has 0 aliphatic rings. The zero-order valence-electron chi connectivity index (χ0n) is 11.0. The normalized spacial score (nSPS) is 10.3. The first-order chi connectivity index (χ1) is 10.0. The lowest BCUT2D eigenvalue weighted by Crippen LogP contribution is -2.03. The lowest BCUT2D eigenvalue weighted by atomic mass is 10.1. The van der Waals surface area contributed by atoms with Gasteiger partial charge >= 0.3 is 5.97 Å². The molecule has 0 fully saturated rings. The smallest absolute Gasteiger partial charge is 0.337 e. The predicted octanol–water partition coefficient (Wildman–Crippen LogP) is 4.61. The van der Waals surface area contributed by atoms with Crippen molar-refractivity contribution in [2.75, 3.05) is 7.11 Å². The number of benzene rings is 2. The van der Waals surface area contributed by atoms with Crippen LogP contribution in [0.3, 0.4) is 0 Å². The van der Waals surface area contributed by atoms with E-state index in [1.165, 1.54) is 19.2 Å². The van der Waals surface area contributed by atoms with E-state index in [0.29, 0.717) is 15.8 Å². The van der Waals surface area contributed by atoms with Gasteiger partial charge in [0.2, 0.25) is 0 Å². The van der Waals surface area contributed by atoms with E-state index in [-0.39, 0.29) is 11.6 Å². The van der Waals surface area contributed by atoms with Gasteiger partial charge in [-0.2, -0.15) is 0 Å². The number of rotatable bonds is 4. The molecular formula is C15H11BrClFO3. The van der Waals surface area contributed by atoms with Gasteiger partial charge in [-0.1, -0.05) is 33.6 Å². The van der Waals surface area contributed by atoms with Crippen LogP contribution in [-0.4, -0.2) is 13.1 Å². The summed E-state index contributed by atoms with van der Waals surface area (Å²) in [5, 5.41) is 0.0472. The molecule has 0 radical (unpaired) electrons. The Labute approximate surface area is 134 Å². The van der Waals surface area contributed by atoms with Gasteiger partial charge in [-0.25, -0.2) is 9.18 Å². The Bertz CT molecular complexity index is 676. The van der Waals surface area contributed by atoms with Crippen LogP contribution in [0.2, 0.25) is 5.02 Å². The van der Waals surface area contributed by atoms with Crippen molar-refractivity contribution in [3.05, 3.63) is 62.8 Å². The van der Waals surface area contributed by atoms with Gasteiger partial charge in [0, 0.05) is 16.1 Å². The molecular weight excluding hydrogens is 363 g/mol. The largest absolute Gasteiger partial charge is 0.489 e. The Morgan fingerprint density at radius 1 is 1.29 bits per heavy atom. The van der Waals surface area contributed by atoms with Crippen LogP contribution in [0.15, 0.2) is 40.9 Å². The molecule has 0 atom stereocenters. The van der Waals surface area contributed by atoms with Gasteiger partial charge in [-0.15, -0.1) is 0 Å². The number of carbonyl (C=O) groups excluding carboxylic acids is 1. The van der Waals surface area contributed by atoms with Gasteiger partial charge in [0.25, 0.3) is 0 Å². The Balaban J connectivity index is 2.09. The molecule has 0 heterocycles. The van der Waals surface area contributed by atoms with Crippen LogP contribution in [0.5, 0.6) is 5.75 Å². The Morgan fingerprint density at radius 3 is 2.67 bits per heavy atom. The standard InChI is InChI=1S/C15H11BrClFO3/c1-20-15(19)9-2-3-10(12(16)6-9)8-21-11-4-5-13(17)14(18)7-11/h2-7H,8H2,1H3. The van der Waals surface area contributed by atoms with E-state index >= 15 is 0 Å². The summed E-state index contributed by atoms with van der Waals surface area (Å²) < 4.78 is 24.1. The monoisotopic (exact) mass is 372 g/mol. The van der Waals surface area contributed by atoms with Crippen molar-refractivity contribution >= 4 is 33.5 Å². The summed E-state index contributed by atoms with van der Waals surface area (Å²) in [6.45, 7) is 0.225. The van der Waals surface area contributed by atoms with Crippen LogP contribution >= 0.6 is 27.5 Å². The summed E-state index contributed by atoms with van der Waals surface area (Å²) >= 11 is 8.96. The van der Waals surface area contributed by atoms with Gasteiger partial charge in [-0.05, 0) is 24.3 Å². The lowest BCUT2D eigenvalue weighted by Gasteiger charge is -2.09. The van der Waals surface area contributed by atoms with E-state index in [9.17, 15) is 9.18 Å². The van der Waals surface area contributed by atoms with Crippen LogP contribution < -0.4 is 4.74 Å². The van der Waals surface area contributed by atoms with Crippen LogP contribution in [0, 0.1) is 5.82 Å². The molecule has 0 bridgehead atoms. The predicted molar refractivity (Wildman–Crippen MR) is 81.2 cm³/mol. The number of hydrogen-bond donors (Lipinski definition) is 0. The van der Waals surface area contributed by atoms with Gasteiger partial charge in [-0.3, -0.25) is 0 Å². The van der Waals surface area contributed by atoms with E-state index in [4.69, 9.17) is 16.3 Å². The molecule has 2 aromatic carbocycles. The molecule has 21 heavy (non-hydrogen) atoms. The molecule has 0 saturated carbocycles. The number of hydrogen-bond acceptors (Lipinski definition) is 3. The summed E-state index contributed by atoms with van der Waals surface area (Å²) in [7, 11) is 1.32. The van der Waals surface area contributed by atoms with Crippen LogP contribution in [0.25, 0.3) is 0 Å². The molecule has 0 aromatic heterocycles. The SMILES string of the molecule is COC(=O)c1ccc(COc2ccc(Cl)c(F)c2)c(Br)c1. The van der Waals surface area contributed by atoms with Crippen molar-refractivity contribution in [1.82, 2.24) is 0 Å². The summed E-state index contributed by atoms with van der Waals surface area (Å²) in [5.41, 5.74) is 1.25. The molecule has 3 nitrogen and oxygen atoms in total. The van der Waals surface area contributed by atoms with E-state index in [0.717, 1.165) is 5.56 Å². The van der Waals surface area contributed by atoms with Crippen LogP contribution in [-0.2, 0) is 11.3 Å². The van der Waals surface area contributed by atoms with Gasteiger partial charge in [0.1, 0.15) is 18.2 Å². The molecule has 0 aliphatic carbocycles. The minimum Gasteiger partial charge on any atom is -0.489 e. The van der Waals surface area contributed by atoms with Crippen molar-refractivity contribution in [2.45, 2.75) is 6.61 Å². The van der Waals surface area contributed by atoms with E-state index in [2.05, 4.69) is 20.7 Å². The molecule has 0 saturated heterocycles. The van der Waals surface area contributed by atoms with E-state index in [1.54, 1.807) is 24.3 Å². The van der Waals surface area contributed by atoms with Gasteiger partial charge < -0.3 is 9.47 Å². The molecule has 2 rings (SSSR count). The molecule has 0 N–H and O–H groups in total. The minimum atomic E-state index is -0.533. The summed E-state index contributed by atoms with van der Waals surface area (Å²) in [4.78, 5) is 11.4. The fraction of sp³-hybridized carbons (Fsp3) is 0.133. The molecule has 0 amide bonds. The van der Waals surface area contributed by atoms with E-state index in [1.807, 2.05) is 0 Å². The molecule has 0 aliphatic heterocycles. The third-order valence-electron chi connectivity index (χ3n) is 2.76. The first kappa shape index (κ1) is 15.8. The van der Waals surface area contributed by atoms with Crippen molar-refractivity contribution in [2.24, 2.45) is 0 Å². The second kappa shape index (κ2) is 6.91. The van der Waals surface area contributed by atoms with Gasteiger partial charge in [0.05, 0.1) is 17.7 Å². The highest BCUT2D eigenvalue weighted by atomic mass is 79.9.